The third-order valence-electron chi connectivity index (χ3n) is 5.46. The summed E-state index contributed by atoms with van der Waals surface area (Å²) in [7, 11) is 0. The molecular weight excluding hydrogens is 362 g/mol. The summed E-state index contributed by atoms with van der Waals surface area (Å²) in [6.45, 7) is 5.03. The van der Waals surface area contributed by atoms with E-state index in [0.717, 1.165) is 48.5 Å². The number of piperazine rings is 1. The van der Waals surface area contributed by atoms with E-state index in [0.29, 0.717) is 5.56 Å². The Kier molecular flexibility index (Phi) is 5.41. The van der Waals surface area contributed by atoms with Gasteiger partial charge in [-0.15, -0.1) is 0 Å². The van der Waals surface area contributed by atoms with Crippen LogP contribution in [0.3, 0.4) is 0 Å². The number of fused-ring (bicyclic) bond motifs is 1. The first kappa shape index (κ1) is 18.9. The molecule has 1 saturated heterocycles. The standard InChI is InChI=1S/C23H23N5O/c1-17(23(29)26-21-7-6-19-4-2-3-5-20(19)15-21)27-10-12-28(13-11-27)22-14-18(16-24)8-9-25-22/h2-9,14-15,17H,10-13H2,1H3,(H,26,29). The van der Waals surface area contributed by atoms with Gasteiger partial charge in [-0.2, -0.15) is 5.26 Å². The lowest BCUT2D eigenvalue weighted by Crippen LogP contribution is -2.53. The fourth-order valence-corrected chi connectivity index (χ4v) is 3.68. The number of nitrogens with one attached hydrogen (secondary N) is 1. The van der Waals surface area contributed by atoms with Crippen molar-refractivity contribution in [2.75, 3.05) is 36.4 Å². The quantitative estimate of drug-likeness (QED) is 0.746. The zero-order valence-electron chi connectivity index (χ0n) is 16.4. The van der Waals surface area contributed by atoms with Gasteiger partial charge in [0.25, 0.3) is 0 Å². The van der Waals surface area contributed by atoms with Crippen LogP contribution in [0.15, 0.2) is 60.8 Å². The van der Waals surface area contributed by atoms with Gasteiger partial charge in [0.15, 0.2) is 0 Å². The van der Waals surface area contributed by atoms with Crippen molar-refractivity contribution in [1.29, 1.82) is 5.26 Å². The number of nitriles is 1. The molecule has 0 bridgehead atoms. The van der Waals surface area contributed by atoms with E-state index >= 15 is 0 Å². The lowest BCUT2D eigenvalue weighted by molar-refractivity contribution is -0.120. The maximum Gasteiger partial charge on any atom is 0.241 e. The van der Waals surface area contributed by atoms with Gasteiger partial charge in [-0.1, -0.05) is 30.3 Å². The lowest BCUT2D eigenvalue weighted by atomic mass is 10.1. The zero-order valence-corrected chi connectivity index (χ0v) is 16.4. The van der Waals surface area contributed by atoms with Crippen LogP contribution < -0.4 is 10.2 Å². The van der Waals surface area contributed by atoms with Gasteiger partial charge in [0.05, 0.1) is 17.7 Å². The number of aromatic nitrogens is 1. The normalized spacial score (nSPS) is 15.7. The molecule has 6 heteroatoms. The highest BCUT2D eigenvalue weighted by Crippen LogP contribution is 2.20. The second-order valence-corrected chi connectivity index (χ2v) is 7.26. The van der Waals surface area contributed by atoms with Crippen LogP contribution >= 0.6 is 0 Å². The van der Waals surface area contributed by atoms with Crippen LogP contribution in [-0.2, 0) is 4.79 Å². The molecule has 1 fully saturated rings. The number of carbonyl (C=O) groups is 1. The van der Waals surface area contributed by atoms with E-state index in [1.54, 1.807) is 12.3 Å². The van der Waals surface area contributed by atoms with Gasteiger partial charge >= 0.3 is 0 Å². The average molecular weight is 385 g/mol. The van der Waals surface area contributed by atoms with E-state index in [2.05, 4.69) is 32.2 Å². The Hall–Kier alpha value is -3.43. The van der Waals surface area contributed by atoms with Gasteiger partial charge in [0.1, 0.15) is 5.82 Å². The van der Waals surface area contributed by atoms with Gasteiger partial charge in [0, 0.05) is 38.1 Å². The molecule has 3 aromatic rings. The molecule has 29 heavy (non-hydrogen) atoms. The van der Waals surface area contributed by atoms with Crippen LogP contribution in [-0.4, -0.2) is 48.0 Å². The maximum absolute atomic E-state index is 12.8. The first-order chi connectivity index (χ1) is 14.1. The van der Waals surface area contributed by atoms with Crippen LogP contribution in [0.4, 0.5) is 11.5 Å². The number of benzene rings is 2. The van der Waals surface area contributed by atoms with Crippen molar-refractivity contribution in [3.8, 4) is 6.07 Å². The minimum atomic E-state index is -0.220. The van der Waals surface area contributed by atoms with Crippen molar-refractivity contribution >= 4 is 28.2 Å². The molecular formula is C23H23N5O. The van der Waals surface area contributed by atoms with Crippen molar-refractivity contribution in [3.63, 3.8) is 0 Å². The van der Waals surface area contributed by atoms with Crippen LogP contribution in [0.5, 0.6) is 0 Å². The summed E-state index contributed by atoms with van der Waals surface area (Å²) in [4.78, 5) is 21.5. The molecule has 1 amide bonds. The molecule has 1 aliphatic rings. The Balaban J connectivity index is 1.36. The Bertz CT molecular complexity index is 1070. The Morgan fingerprint density at radius 1 is 1.07 bits per heavy atom. The Morgan fingerprint density at radius 3 is 2.59 bits per heavy atom. The number of hydrogen-bond acceptors (Lipinski definition) is 5. The second kappa shape index (κ2) is 8.29. The number of anilines is 2. The van der Waals surface area contributed by atoms with Gasteiger partial charge < -0.3 is 10.2 Å². The molecule has 0 spiro atoms. The number of nitrogens with zero attached hydrogens (tertiary/aromatic N) is 4. The summed E-state index contributed by atoms with van der Waals surface area (Å²) in [6.07, 6.45) is 1.67. The third kappa shape index (κ3) is 4.20. The largest absolute Gasteiger partial charge is 0.354 e. The monoisotopic (exact) mass is 385 g/mol. The number of rotatable bonds is 4. The molecule has 1 aromatic heterocycles. The molecule has 2 heterocycles. The molecule has 146 valence electrons. The molecule has 0 radical (unpaired) electrons. The van der Waals surface area contributed by atoms with Crippen LogP contribution in [0.2, 0.25) is 0 Å². The Labute approximate surface area is 170 Å². The Morgan fingerprint density at radius 2 is 1.83 bits per heavy atom. The molecule has 2 aromatic carbocycles. The molecule has 0 aliphatic carbocycles. The fraction of sp³-hybridized carbons (Fsp3) is 0.261. The van der Waals surface area contributed by atoms with Crippen molar-refractivity contribution in [3.05, 3.63) is 66.4 Å². The average Bonchev–Trinajstić information content (AvgIpc) is 2.78. The van der Waals surface area contributed by atoms with Crippen LogP contribution in [0.1, 0.15) is 12.5 Å². The minimum absolute atomic E-state index is 0.00154. The molecule has 6 nitrogen and oxygen atoms in total. The minimum Gasteiger partial charge on any atom is -0.354 e. The van der Waals surface area contributed by atoms with E-state index in [9.17, 15) is 4.79 Å². The lowest BCUT2D eigenvalue weighted by Gasteiger charge is -2.38. The maximum atomic E-state index is 12.8. The zero-order chi connectivity index (χ0) is 20.2. The highest BCUT2D eigenvalue weighted by Gasteiger charge is 2.26. The molecule has 4 rings (SSSR count). The molecule has 1 atom stereocenters. The van der Waals surface area contributed by atoms with E-state index in [-0.39, 0.29) is 11.9 Å². The smallest absolute Gasteiger partial charge is 0.241 e. The van der Waals surface area contributed by atoms with E-state index in [1.807, 2.05) is 49.4 Å². The number of amides is 1. The molecule has 1 aliphatic heterocycles. The SMILES string of the molecule is CC(C(=O)Nc1ccc2ccccc2c1)N1CCN(c2cc(C#N)ccn2)CC1. The third-order valence-corrected chi connectivity index (χ3v) is 5.46. The molecule has 1 N–H and O–H groups in total. The summed E-state index contributed by atoms with van der Waals surface area (Å²) in [5.41, 5.74) is 1.43. The summed E-state index contributed by atoms with van der Waals surface area (Å²) in [5, 5.41) is 14.4. The highest BCUT2D eigenvalue weighted by atomic mass is 16.2. The number of carbonyl (C=O) groups excluding carboxylic acids is 1. The topological polar surface area (TPSA) is 72.3 Å². The van der Waals surface area contributed by atoms with E-state index < -0.39 is 0 Å². The van der Waals surface area contributed by atoms with E-state index in [1.165, 1.54) is 0 Å². The van der Waals surface area contributed by atoms with Crippen LogP contribution in [0, 0.1) is 11.3 Å². The summed E-state index contributed by atoms with van der Waals surface area (Å²) in [6, 6.07) is 19.5. The summed E-state index contributed by atoms with van der Waals surface area (Å²) < 4.78 is 0. The van der Waals surface area contributed by atoms with Crippen molar-refractivity contribution in [1.82, 2.24) is 9.88 Å². The van der Waals surface area contributed by atoms with E-state index in [4.69, 9.17) is 5.26 Å². The highest BCUT2D eigenvalue weighted by molar-refractivity contribution is 5.97. The van der Waals surface area contributed by atoms with Gasteiger partial charge in [-0.05, 0) is 42.0 Å². The molecule has 1 unspecified atom stereocenters. The first-order valence-electron chi connectivity index (χ1n) is 9.79. The van der Waals surface area contributed by atoms with Crippen molar-refractivity contribution in [2.24, 2.45) is 0 Å². The van der Waals surface area contributed by atoms with Crippen molar-refractivity contribution in [2.45, 2.75) is 13.0 Å². The van der Waals surface area contributed by atoms with Gasteiger partial charge in [-0.25, -0.2) is 4.98 Å². The predicted molar refractivity (Wildman–Crippen MR) is 115 cm³/mol. The van der Waals surface area contributed by atoms with Crippen LogP contribution in [0.25, 0.3) is 10.8 Å². The van der Waals surface area contributed by atoms with Crippen molar-refractivity contribution < 1.29 is 4.79 Å². The molecule has 0 saturated carbocycles. The summed E-state index contributed by atoms with van der Waals surface area (Å²) in [5.74, 6) is 0.815. The number of pyridine rings is 1. The summed E-state index contributed by atoms with van der Waals surface area (Å²) >= 11 is 0. The number of hydrogen-bond donors (Lipinski definition) is 1. The van der Waals surface area contributed by atoms with Gasteiger partial charge in [-0.3, -0.25) is 9.69 Å². The second-order valence-electron chi connectivity index (χ2n) is 7.26. The first-order valence-corrected chi connectivity index (χ1v) is 9.79. The predicted octanol–water partition coefficient (Wildman–Crippen LogP) is 3.26. The van der Waals surface area contributed by atoms with Gasteiger partial charge in [0.2, 0.25) is 5.91 Å². The fourth-order valence-electron chi connectivity index (χ4n) is 3.68.